The topological polar surface area (TPSA) is 30.0 Å². The minimum Gasteiger partial charge on any atom is -0.254 e. The van der Waals surface area contributed by atoms with Gasteiger partial charge in [-0.1, -0.05) is 10.3 Å². The smallest absolute Gasteiger partial charge is 0.254 e. The summed E-state index contributed by atoms with van der Waals surface area (Å²) in [7, 11) is 2.60. The van der Waals surface area contributed by atoms with E-state index in [-0.39, 0.29) is 4.87 Å². The summed E-state index contributed by atoms with van der Waals surface area (Å²) in [5, 5.41) is 0.856. The van der Waals surface area contributed by atoms with E-state index in [9.17, 15) is 4.79 Å². The normalized spacial score (nSPS) is 9.29. The quantitative estimate of drug-likeness (QED) is 0.491. The van der Waals surface area contributed by atoms with Crippen LogP contribution in [0.2, 0.25) is 0 Å². The van der Waals surface area contributed by atoms with Gasteiger partial charge in [0.05, 0.1) is 0 Å². The molecule has 0 radical (unpaired) electrons. The van der Waals surface area contributed by atoms with Crippen LogP contribution in [-0.4, -0.2) is 4.98 Å². The second kappa shape index (κ2) is 1.71. The average Bonchev–Trinajstić information content (AvgIpc) is 1.87. The second-order valence-electron chi connectivity index (χ2n) is 1.06. The van der Waals surface area contributed by atoms with Gasteiger partial charge in [-0.25, -0.2) is 0 Å². The molecule has 0 N–H and O–H groups in total. The van der Waals surface area contributed by atoms with Crippen molar-refractivity contribution >= 4 is 20.7 Å². The summed E-state index contributed by atoms with van der Waals surface area (Å²) < 4.78 is 0. The molecule has 1 aromatic rings. The molecule has 0 saturated heterocycles. The highest BCUT2D eigenvalue weighted by atomic mass is 32.9. The van der Waals surface area contributed by atoms with E-state index in [0.29, 0.717) is 0 Å². The number of hydrogen-bond acceptors (Lipinski definition) is 4. The first-order chi connectivity index (χ1) is 3.29. The second-order valence-corrected chi connectivity index (χ2v) is 3.34. The van der Waals surface area contributed by atoms with Gasteiger partial charge in [-0.05, 0) is 17.3 Å². The van der Waals surface area contributed by atoms with Gasteiger partial charge in [0.1, 0.15) is 5.01 Å². The zero-order chi connectivity index (χ0) is 5.28. The van der Waals surface area contributed by atoms with Crippen molar-refractivity contribution in [3.05, 3.63) is 14.7 Å². The maximum atomic E-state index is 10.2. The fourth-order valence-electron chi connectivity index (χ4n) is 0.262. The highest BCUT2D eigenvalue weighted by Gasteiger charge is 1.87. The first kappa shape index (κ1) is 4.93. The summed E-state index contributed by atoms with van der Waals surface area (Å²) >= 11 is 0. The van der Waals surface area contributed by atoms with E-state index in [4.69, 9.17) is 0 Å². The maximum absolute atomic E-state index is 10.2. The number of rotatable bonds is 0. The SMILES string of the molecule is Cc1nc(=O)ss1. The van der Waals surface area contributed by atoms with Crippen LogP contribution in [0.15, 0.2) is 4.79 Å². The Bertz CT molecular complexity index is 201. The molecule has 0 aliphatic rings. The lowest BCUT2D eigenvalue weighted by Gasteiger charge is -1.62. The number of aromatic nitrogens is 1. The van der Waals surface area contributed by atoms with Gasteiger partial charge in [0.15, 0.2) is 0 Å². The van der Waals surface area contributed by atoms with Crippen LogP contribution in [0.5, 0.6) is 0 Å². The summed E-state index contributed by atoms with van der Waals surface area (Å²) in [6.07, 6.45) is 0. The third-order valence-electron chi connectivity index (χ3n) is 0.482. The lowest BCUT2D eigenvalue weighted by Crippen LogP contribution is -1.90. The van der Waals surface area contributed by atoms with Gasteiger partial charge >= 0.3 is 4.87 Å². The molecule has 0 aromatic carbocycles. The van der Waals surface area contributed by atoms with Crippen LogP contribution in [0, 0.1) is 6.92 Å². The molecule has 0 bridgehead atoms. The van der Waals surface area contributed by atoms with Gasteiger partial charge in [0.2, 0.25) is 0 Å². The monoisotopic (exact) mass is 133 g/mol. The molecule has 0 saturated carbocycles. The lowest BCUT2D eigenvalue weighted by molar-refractivity contribution is 1.26. The molecule has 1 rings (SSSR count). The molecule has 0 unspecified atom stereocenters. The molecule has 0 aliphatic heterocycles. The molecule has 1 heterocycles. The highest BCUT2D eigenvalue weighted by Crippen LogP contribution is 2.01. The molecule has 2 nitrogen and oxygen atoms in total. The first-order valence-corrected chi connectivity index (χ1v) is 3.88. The summed E-state index contributed by atoms with van der Waals surface area (Å²) in [6.45, 7) is 1.82. The van der Waals surface area contributed by atoms with Gasteiger partial charge in [-0.15, -0.1) is 0 Å². The van der Waals surface area contributed by atoms with Gasteiger partial charge in [0.25, 0.3) is 0 Å². The Labute approximate surface area is 47.8 Å². The van der Waals surface area contributed by atoms with Crippen molar-refractivity contribution in [2.75, 3.05) is 0 Å². The summed E-state index contributed by atoms with van der Waals surface area (Å²) in [5.41, 5.74) is 0. The van der Waals surface area contributed by atoms with Crippen LogP contribution in [0.25, 0.3) is 0 Å². The highest BCUT2D eigenvalue weighted by molar-refractivity contribution is 7.68. The van der Waals surface area contributed by atoms with E-state index < -0.39 is 0 Å². The summed E-state index contributed by atoms with van der Waals surface area (Å²) in [5.74, 6) is 0. The third-order valence-corrected chi connectivity index (χ3v) is 2.53. The van der Waals surface area contributed by atoms with Crippen molar-refractivity contribution in [3.8, 4) is 0 Å². The summed E-state index contributed by atoms with van der Waals surface area (Å²) in [6, 6.07) is 0. The predicted octanol–water partition coefficient (Wildman–Crippen LogP) is 0.873. The zero-order valence-corrected chi connectivity index (χ0v) is 5.30. The standard InChI is InChI=1S/C3H3NOS2/c1-2-4-3(5)7-6-2/h1H3. The Morgan fingerprint density at radius 2 is 2.29 bits per heavy atom. The van der Waals surface area contributed by atoms with Crippen LogP contribution in [0.1, 0.15) is 5.01 Å². The minimum atomic E-state index is -0.0810. The lowest BCUT2D eigenvalue weighted by atomic mass is 10.9. The summed E-state index contributed by atoms with van der Waals surface area (Å²) in [4.78, 5) is 13.7. The predicted molar refractivity (Wildman–Crippen MR) is 31.0 cm³/mol. The Hall–Kier alpha value is -0.220. The molecule has 1 aromatic heterocycles. The van der Waals surface area contributed by atoms with Crippen LogP contribution in [0.4, 0.5) is 0 Å². The van der Waals surface area contributed by atoms with E-state index in [1.807, 2.05) is 6.92 Å². The Kier molecular flexibility index (Phi) is 1.21. The fraction of sp³-hybridized carbons (Fsp3) is 0.333. The molecule has 4 heteroatoms. The van der Waals surface area contributed by atoms with Crippen LogP contribution < -0.4 is 4.87 Å². The molecule has 0 spiro atoms. The minimum absolute atomic E-state index is 0.0810. The zero-order valence-electron chi connectivity index (χ0n) is 3.67. The van der Waals surface area contributed by atoms with Crippen molar-refractivity contribution < 1.29 is 0 Å². The largest absolute Gasteiger partial charge is 0.337 e. The first-order valence-electron chi connectivity index (χ1n) is 1.73. The molecule has 7 heavy (non-hydrogen) atoms. The van der Waals surface area contributed by atoms with Crippen molar-refractivity contribution in [1.29, 1.82) is 0 Å². The van der Waals surface area contributed by atoms with Crippen LogP contribution in [-0.2, 0) is 0 Å². The van der Waals surface area contributed by atoms with E-state index >= 15 is 0 Å². The van der Waals surface area contributed by atoms with Crippen LogP contribution >= 0.6 is 20.7 Å². The molecule has 0 aliphatic carbocycles. The molecule has 0 fully saturated rings. The number of hydrogen-bond donors (Lipinski definition) is 0. The molecule has 38 valence electrons. The van der Waals surface area contributed by atoms with E-state index in [1.54, 1.807) is 0 Å². The number of aryl methyl sites for hydroxylation is 1. The van der Waals surface area contributed by atoms with E-state index in [0.717, 1.165) is 5.01 Å². The van der Waals surface area contributed by atoms with Crippen molar-refractivity contribution in [2.45, 2.75) is 6.92 Å². The Morgan fingerprint density at radius 3 is 2.43 bits per heavy atom. The van der Waals surface area contributed by atoms with Gasteiger partial charge in [-0.3, -0.25) is 4.79 Å². The molecular formula is C3H3NOS2. The van der Waals surface area contributed by atoms with Crippen molar-refractivity contribution in [1.82, 2.24) is 4.98 Å². The Morgan fingerprint density at radius 1 is 1.57 bits per heavy atom. The Balaban J connectivity index is 3.30. The van der Waals surface area contributed by atoms with E-state index in [2.05, 4.69) is 4.98 Å². The van der Waals surface area contributed by atoms with Gasteiger partial charge in [-0.2, -0.15) is 4.98 Å². The van der Waals surface area contributed by atoms with Crippen molar-refractivity contribution in [2.24, 2.45) is 0 Å². The van der Waals surface area contributed by atoms with Gasteiger partial charge < -0.3 is 0 Å². The van der Waals surface area contributed by atoms with Gasteiger partial charge in [0, 0.05) is 0 Å². The van der Waals surface area contributed by atoms with Crippen molar-refractivity contribution in [3.63, 3.8) is 0 Å². The van der Waals surface area contributed by atoms with Crippen LogP contribution in [0.3, 0.4) is 0 Å². The molecular weight excluding hydrogens is 130 g/mol. The third kappa shape index (κ3) is 1.07. The maximum Gasteiger partial charge on any atom is 0.337 e. The number of nitrogens with zero attached hydrogens (tertiary/aromatic N) is 1. The molecule has 0 amide bonds. The average molecular weight is 133 g/mol. The van der Waals surface area contributed by atoms with E-state index in [1.165, 1.54) is 20.7 Å². The fourth-order valence-corrected chi connectivity index (χ4v) is 1.61. The molecule has 0 atom stereocenters.